The minimum atomic E-state index is 0.0421. The van der Waals surface area contributed by atoms with Gasteiger partial charge in [-0.2, -0.15) is 9.61 Å². The van der Waals surface area contributed by atoms with E-state index in [2.05, 4.69) is 86.9 Å². The minimum Gasteiger partial charge on any atom is -0.366 e. The molecule has 0 radical (unpaired) electrons. The van der Waals surface area contributed by atoms with Crippen molar-refractivity contribution < 1.29 is 4.79 Å². The number of nitrogens with one attached hydrogen (secondary N) is 2. The number of fused-ring (bicyclic) bond motifs is 1. The molecule has 3 aromatic heterocycles. The zero-order valence-electron chi connectivity index (χ0n) is 22.0. The summed E-state index contributed by atoms with van der Waals surface area (Å²) in [6.45, 7) is 4.93. The molecule has 1 amide bonds. The van der Waals surface area contributed by atoms with E-state index < -0.39 is 0 Å². The van der Waals surface area contributed by atoms with Crippen LogP contribution in [-0.2, 0) is 11.3 Å². The molecule has 1 saturated carbocycles. The van der Waals surface area contributed by atoms with Gasteiger partial charge in [0.2, 0.25) is 5.91 Å². The molecule has 1 unspecified atom stereocenters. The van der Waals surface area contributed by atoms with Crippen molar-refractivity contribution in [2.75, 3.05) is 5.32 Å². The number of nitrogens with zero attached hydrogens (tertiary/aromatic N) is 4. The molecule has 5 rings (SSSR count). The smallest absolute Gasteiger partial charge is 0.224 e. The Morgan fingerprint density at radius 1 is 1.29 bits per heavy atom. The largest absolute Gasteiger partial charge is 0.366 e. The molecule has 3 aromatic rings. The van der Waals surface area contributed by atoms with Crippen molar-refractivity contribution in [2.45, 2.75) is 70.9 Å². The minimum absolute atomic E-state index is 0.0421. The summed E-state index contributed by atoms with van der Waals surface area (Å²) in [5, 5.41) is 11.2. The van der Waals surface area contributed by atoms with Gasteiger partial charge in [-0.1, -0.05) is 42.9 Å². The van der Waals surface area contributed by atoms with E-state index in [1.54, 1.807) is 12.4 Å². The van der Waals surface area contributed by atoms with Crippen LogP contribution in [0.2, 0.25) is 0 Å². The Morgan fingerprint density at radius 2 is 2.13 bits per heavy atom. The Balaban J connectivity index is 1.19. The number of halogens is 1. The second-order valence-corrected chi connectivity index (χ2v) is 11.3. The maximum Gasteiger partial charge on any atom is 0.224 e. The standard InChI is InChI=1S/C30H35BrN6O/c1-20-5-3-7-25(15-20)21(2)35-29(38)13-10-22-8-11-24(12-9-22)27-16-28(33-18-23-6-4-14-32-17-23)37-30(36-27)26(31)19-34-37/h3-4,6-7,10,14-17,19-21,24,33H,5,8-9,11-13,18H2,1-2H3,(H,35,38)/t20?,21-,24?/m1/s1. The number of carbonyl (C=O) groups is 1. The lowest BCUT2D eigenvalue weighted by Gasteiger charge is -2.24. The maximum atomic E-state index is 12.6. The topological polar surface area (TPSA) is 84.2 Å². The Morgan fingerprint density at radius 3 is 2.89 bits per heavy atom. The molecule has 0 saturated heterocycles. The lowest BCUT2D eigenvalue weighted by molar-refractivity contribution is -0.120. The second-order valence-electron chi connectivity index (χ2n) is 10.4. The summed E-state index contributed by atoms with van der Waals surface area (Å²) in [6.07, 6.45) is 19.7. The molecule has 7 nitrogen and oxygen atoms in total. The lowest BCUT2D eigenvalue weighted by Crippen LogP contribution is -2.33. The van der Waals surface area contributed by atoms with Crippen LogP contribution in [0.3, 0.4) is 0 Å². The van der Waals surface area contributed by atoms with Crippen LogP contribution in [0.5, 0.6) is 0 Å². The van der Waals surface area contributed by atoms with Crippen LogP contribution in [0.25, 0.3) is 5.65 Å². The Bertz CT molecular complexity index is 1370. The first kappa shape index (κ1) is 26.4. The summed E-state index contributed by atoms with van der Waals surface area (Å²) in [5.74, 6) is 1.91. The third-order valence-electron chi connectivity index (χ3n) is 7.44. The van der Waals surface area contributed by atoms with E-state index in [4.69, 9.17) is 4.98 Å². The van der Waals surface area contributed by atoms with Gasteiger partial charge in [0.15, 0.2) is 5.65 Å². The number of anilines is 1. The van der Waals surface area contributed by atoms with E-state index in [0.717, 1.165) is 59.3 Å². The van der Waals surface area contributed by atoms with Gasteiger partial charge in [-0.15, -0.1) is 0 Å². The molecule has 3 heterocycles. The molecule has 0 aromatic carbocycles. The van der Waals surface area contributed by atoms with E-state index in [1.807, 2.05) is 16.8 Å². The molecule has 38 heavy (non-hydrogen) atoms. The SMILES string of the molecule is CC1C=C([C@@H](C)NC(=O)CC=C2CCC(c3cc(NCc4cccnc4)n4ncc(Br)c4n3)CC2)C=CC1. The fraction of sp³-hybridized carbons (Fsp3) is 0.400. The summed E-state index contributed by atoms with van der Waals surface area (Å²) < 4.78 is 2.73. The van der Waals surface area contributed by atoms with E-state index in [1.165, 1.54) is 11.1 Å². The van der Waals surface area contributed by atoms with Gasteiger partial charge in [0, 0.05) is 43.0 Å². The van der Waals surface area contributed by atoms with E-state index >= 15 is 0 Å². The highest BCUT2D eigenvalue weighted by Gasteiger charge is 2.22. The molecular weight excluding hydrogens is 540 g/mol. The van der Waals surface area contributed by atoms with E-state index in [-0.39, 0.29) is 11.9 Å². The zero-order valence-corrected chi connectivity index (χ0v) is 23.6. The summed E-state index contributed by atoms with van der Waals surface area (Å²) in [5.41, 5.74) is 5.59. The normalized spacial score (nSPS) is 20.2. The van der Waals surface area contributed by atoms with Crippen LogP contribution < -0.4 is 10.6 Å². The molecule has 0 aliphatic heterocycles. The molecule has 198 valence electrons. The molecule has 1 fully saturated rings. The highest BCUT2D eigenvalue weighted by molar-refractivity contribution is 9.10. The first-order valence-corrected chi connectivity index (χ1v) is 14.3. The first-order chi connectivity index (χ1) is 18.5. The fourth-order valence-corrected chi connectivity index (χ4v) is 5.60. The molecule has 2 N–H and O–H groups in total. The maximum absolute atomic E-state index is 12.6. The third-order valence-corrected chi connectivity index (χ3v) is 8.00. The summed E-state index contributed by atoms with van der Waals surface area (Å²) >= 11 is 3.61. The Hall–Kier alpha value is -3.26. The van der Waals surface area contributed by atoms with Crippen molar-refractivity contribution in [3.8, 4) is 0 Å². The van der Waals surface area contributed by atoms with Gasteiger partial charge >= 0.3 is 0 Å². The lowest BCUT2D eigenvalue weighted by atomic mass is 9.83. The molecule has 2 atom stereocenters. The van der Waals surface area contributed by atoms with Gasteiger partial charge in [-0.3, -0.25) is 9.78 Å². The molecule has 2 aliphatic carbocycles. The second kappa shape index (κ2) is 12.1. The average Bonchev–Trinajstić information content (AvgIpc) is 3.32. The average molecular weight is 576 g/mol. The van der Waals surface area contributed by atoms with Gasteiger partial charge < -0.3 is 10.6 Å². The van der Waals surface area contributed by atoms with Crippen molar-refractivity contribution in [1.29, 1.82) is 0 Å². The number of amides is 1. The summed E-state index contributed by atoms with van der Waals surface area (Å²) in [6, 6.07) is 6.17. The van der Waals surface area contributed by atoms with Crippen LogP contribution in [-0.4, -0.2) is 31.5 Å². The van der Waals surface area contributed by atoms with E-state index in [0.29, 0.717) is 24.8 Å². The first-order valence-electron chi connectivity index (χ1n) is 13.5. The van der Waals surface area contributed by atoms with Crippen LogP contribution in [0.15, 0.2) is 76.7 Å². The molecule has 2 aliphatic rings. The highest BCUT2D eigenvalue weighted by atomic mass is 79.9. The van der Waals surface area contributed by atoms with Crippen molar-refractivity contribution in [3.05, 3.63) is 88.0 Å². The van der Waals surface area contributed by atoms with Gasteiger partial charge in [0.05, 0.1) is 16.7 Å². The summed E-state index contributed by atoms with van der Waals surface area (Å²) in [7, 11) is 0. The van der Waals surface area contributed by atoms with Crippen LogP contribution in [0.4, 0.5) is 5.82 Å². The number of pyridine rings is 1. The van der Waals surface area contributed by atoms with Gasteiger partial charge in [-0.05, 0) is 78.1 Å². The molecule has 0 spiro atoms. The molecule has 8 heteroatoms. The predicted octanol–water partition coefficient (Wildman–Crippen LogP) is 6.50. The number of hydrogen-bond donors (Lipinski definition) is 2. The quantitative estimate of drug-likeness (QED) is 0.300. The van der Waals surface area contributed by atoms with Gasteiger partial charge in [0.1, 0.15) is 5.82 Å². The number of hydrogen-bond acceptors (Lipinski definition) is 5. The Kier molecular flexibility index (Phi) is 8.37. The summed E-state index contributed by atoms with van der Waals surface area (Å²) in [4.78, 5) is 21.8. The van der Waals surface area contributed by atoms with Crippen molar-refractivity contribution in [3.63, 3.8) is 0 Å². The number of aromatic nitrogens is 4. The zero-order chi connectivity index (χ0) is 26.5. The molecule has 0 bridgehead atoms. The van der Waals surface area contributed by atoms with E-state index in [9.17, 15) is 4.79 Å². The Labute approximate surface area is 232 Å². The molecular formula is C30H35BrN6O. The fourth-order valence-electron chi connectivity index (χ4n) is 5.25. The number of carbonyl (C=O) groups excluding carboxylic acids is 1. The monoisotopic (exact) mass is 574 g/mol. The van der Waals surface area contributed by atoms with Crippen molar-refractivity contribution in [1.82, 2.24) is 24.9 Å². The van der Waals surface area contributed by atoms with Crippen molar-refractivity contribution in [2.24, 2.45) is 5.92 Å². The van der Waals surface area contributed by atoms with Crippen LogP contribution >= 0.6 is 15.9 Å². The van der Waals surface area contributed by atoms with Crippen LogP contribution in [0, 0.1) is 5.92 Å². The van der Waals surface area contributed by atoms with Gasteiger partial charge in [0.25, 0.3) is 0 Å². The van der Waals surface area contributed by atoms with Crippen molar-refractivity contribution >= 4 is 33.3 Å². The highest BCUT2D eigenvalue weighted by Crippen LogP contribution is 2.36. The third kappa shape index (κ3) is 6.41. The van der Waals surface area contributed by atoms with Gasteiger partial charge in [-0.25, -0.2) is 4.98 Å². The number of rotatable bonds is 8. The predicted molar refractivity (Wildman–Crippen MR) is 155 cm³/mol. The van der Waals surface area contributed by atoms with Crippen LogP contribution in [0.1, 0.15) is 69.5 Å². The number of allylic oxidation sites excluding steroid dienone is 3.